The number of nitrogens with zero attached hydrogens (tertiary/aromatic N) is 3. The number of nitrogens with one attached hydrogen (secondary N) is 1. The molecule has 0 fully saturated rings. The summed E-state index contributed by atoms with van der Waals surface area (Å²) in [5, 5.41) is 3.64. The number of carbonyl (C=O) groups excluding carboxylic acids is 1. The molecule has 2 aromatic heterocycles. The van der Waals surface area contributed by atoms with E-state index in [0.29, 0.717) is 16.4 Å². The number of aromatic nitrogens is 3. The van der Waals surface area contributed by atoms with E-state index in [0.717, 1.165) is 5.56 Å². The fraction of sp³-hybridized carbons (Fsp3) is 0.167. The molecule has 0 radical (unpaired) electrons. The zero-order chi connectivity index (χ0) is 17.8. The Balaban J connectivity index is 1.97. The van der Waals surface area contributed by atoms with E-state index < -0.39 is 6.04 Å². The van der Waals surface area contributed by atoms with Crippen LogP contribution in [0.3, 0.4) is 0 Å². The molecule has 25 heavy (non-hydrogen) atoms. The van der Waals surface area contributed by atoms with E-state index in [2.05, 4.69) is 15.3 Å². The van der Waals surface area contributed by atoms with Crippen molar-refractivity contribution in [2.75, 3.05) is 6.26 Å². The number of aryl methyl sites for hydroxylation is 1. The highest BCUT2D eigenvalue weighted by Gasteiger charge is 2.23. The third kappa shape index (κ3) is 3.71. The molecule has 0 bridgehead atoms. The average molecular weight is 356 g/mol. The van der Waals surface area contributed by atoms with Gasteiger partial charge in [0.25, 0.3) is 5.91 Å². The lowest BCUT2D eigenvalue weighted by Gasteiger charge is -2.19. The standard InChI is InChI=1S/C18H17FN4OS/c1-23-11-10-20-16(23)15(12-5-7-13(19)8-6-12)22-17(24)14-4-3-9-21-18(14)25-2/h3-11,15H,1-2H3,(H,22,24). The van der Waals surface area contributed by atoms with Crippen LogP contribution in [0, 0.1) is 5.82 Å². The van der Waals surface area contributed by atoms with Crippen LogP contribution in [0.5, 0.6) is 0 Å². The van der Waals surface area contributed by atoms with Crippen LogP contribution in [0.1, 0.15) is 27.8 Å². The minimum absolute atomic E-state index is 0.255. The number of rotatable bonds is 5. The van der Waals surface area contributed by atoms with Crippen molar-refractivity contribution in [1.82, 2.24) is 19.9 Å². The maximum absolute atomic E-state index is 13.3. The van der Waals surface area contributed by atoms with Crippen molar-refractivity contribution in [3.63, 3.8) is 0 Å². The highest BCUT2D eigenvalue weighted by atomic mass is 32.2. The van der Waals surface area contributed by atoms with Gasteiger partial charge in [0.2, 0.25) is 0 Å². The number of imidazole rings is 1. The summed E-state index contributed by atoms with van der Waals surface area (Å²) in [5.74, 6) is 0.0786. The fourth-order valence-corrected chi connectivity index (χ4v) is 3.09. The molecule has 0 aliphatic carbocycles. The molecule has 3 rings (SSSR count). The SMILES string of the molecule is CSc1ncccc1C(=O)NC(c1ccc(F)cc1)c1nccn1C. The van der Waals surface area contributed by atoms with Crippen molar-refractivity contribution in [1.29, 1.82) is 0 Å². The van der Waals surface area contributed by atoms with E-state index in [1.807, 2.05) is 17.9 Å². The summed E-state index contributed by atoms with van der Waals surface area (Å²) in [6, 6.07) is 8.99. The quantitative estimate of drug-likeness (QED) is 0.713. The van der Waals surface area contributed by atoms with Gasteiger partial charge in [0.05, 0.1) is 5.56 Å². The Labute approximate surface area is 149 Å². The van der Waals surface area contributed by atoms with Gasteiger partial charge in [-0.2, -0.15) is 0 Å². The van der Waals surface area contributed by atoms with Crippen LogP contribution in [0.4, 0.5) is 4.39 Å². The Morgan fingerprint density at radius 1 is 1.20 bits per heavy atom. The van der Waals surface area contributed by atoms with Gasteiger partial charge in [0.15, 0.2) is 0 Å². The molecule has 3 aromatic rings. The van der Waals surface area contributed by atoms with Gasteiger partial charge in [0, 0.05) is 25.6 Å². The number of carbonyl (C=O) groups is 1. The molecule has 1 N–H and O–H groups in total. The molecule has 2 heterocycles. The monoisotopic (exact) mass is 356 g/mol. The Kier molecular flexibility index (Phi) is 5.14. The minimum Gasteiger partial charge on any atom is -0.338 e. The Morgan fingerprint density at radius 2 is 1.96 bits per heavy atom. The van der Waals surface area contributed by atoms with Crippen LogP contribution < -0.4 is 5.32 Å². The summed E-state index contributed by atoms with van der Waals surface area (Å²) in [6.07, 6.45) is 6.99. The molecule has 0 spiro atoms. The first-order valence-electron chi connectivity index (χ1n) is 7.62. The average Bonchev–Trinajstić information content (AvgIpc) is 3.06. The predicted octanol–water partition coefficient (Wildman–Crippen LogP) is 3.20. The number of amides is 1. The lowest BCUT2D eigenvalue weighted by atomic mass is 10.1. The number of hydrogen-bond acceptors (Lipinski definition) is 4. The summed E-state index contributed by atoms with van der Waals surface area (Å²) in [5.41, 5.74) is 1.25. The van der Waals surface area contributed by atoms with E-state index in [9.17, 15) is 9.18 Å². The molecule has 128 valence electrons. The largest absolute Gasteiger partial charge is 0.338 e. The predicted molar refractivity (Wildman–Crippen MR) is 94.9 cm³/mol. The van der Waals surface area contributed by atoms with E-state index in [4.69, 9.17) is 0 Å². The smallest absolute Gasteiger partial charge is 0.254 e. The van der Waals surface area contributed by atoms with Crippen molar-refractivity contribution < 1.29 is 9.18 Å². The van der Waals surface area contributed by atoms with Crippen molar-refractivity contribution in [2.45, 2.75) is 11.1 Å². The third-order valence-corrected chi connectivity index (χ3v) is 4.52. The van der Waals surface area contributed by atoms with E-state index in [-0.39, 0.29) is 11.7 Å². The van der Waals surface area contributed by atoms with Gasteiger partial charge in [-0.1, -0.05) is 12.1 Å². The minimum atomic E-state index is -0.497. The number of thioether (sulfide) groups is 1. The molecule has 1 amide bonds. The number of halogens is 1. The summed E-state index contributed by atoms with van der Waals surface area (Å²) < 4.78 is 15.1. The Morgan fingerprint density at radius 3 is 2.60 bits per heavy atom. The second-order valence-electron chi connectivity index (χ2n) is 5.41. The normalized spacial score (nSPS) is 12.0. The van der Waals surface area contributed by atoms with E-state index in [1.54, 1.807) is 42.9 Å². The molecular weight excluding hydrogens is 339 g/mol. The van der Waals surface area contributed by atoms with Gasteiger partial charge < -0.3 is 9.88 Å². The van der Waals surface area contributed by atoms with Crippen LogP contribution in [-0.2, 0) is 7.05 Å². The third-order valence-electron chi connectivity index (χ3n) is 3.80. The number of hydrogen-bond donors (Lipinski definition) is 1. The zero-order valence-corrected chi connectivity index (χ0v) is 14.6. The van der Waals surface area contributed by atoms with Gasteiger partial charge >= 0.3 is 0 Å². The lowest BCUT2D eigenvalue weighted by molar-refractivity contribution is 0.0937. The van der Waals surface area contributed by atoms with Gasteiger partial charge in [0.1, 0.15) is 22.7 Å². The van der Waals surface area contributed by atoms with Crippen LogP contribution in [0.15, 0.2) is 60.0 Å². The van der Waals surface area contributed by atoms with Crippen molar-refractivity contribution >= 4 is 17.7 Å². The summed E-state index contributed by atoms with van der Waals surface area (Å²) in [4.78, 5) is 21.4. The molecule has 0 saturated carbocycles. The van der Waals surface area contributed by atoms with E-state index in [1.165, 1.54) is 23.9 Å². The van der Waals surface area contributed by atoms with Gasteiger partial charge in [-0.3, -0.25) is 4.79 Å². The molecule has 0 aliphatic rings. The van der Waals surface area contributed by atoms with Crippen LogP contribution >= 0.6 is 11.8 Å². The maximum Gasteiger partial charge on any atom is 0.254 e. The topological polar surface area (TPSA) is 59.8 Å². The number of benzene rings is 1. The second kappa shape index (κ2) is 7.48. The molecule has 0 saturated heterocycles. The highest BCUT2D eigenvalue weighted by Crippen LogP contribution is 2.23. The summed E-state index contributed by atoms with van der Waals surface area (Å²) >= 11 is 1.41. The molecule has 1 aromatic carbocycles. The highest BCUT2D eigenvalue weighted by molar-refractivity contribution is 7.98. The van der Waals surface area contributed by atoms with Gasteiger partial charge in [-0.15, -0.1) is 11.8 Å². The second-order valence-corrected chi connectivity index (χ2v) is 6.21. The Hall–Kier alpha value is -2.67. The van der Waals surface area contributed by atoms with Crippen molar-refractivity contribution in [3.8, 4) is 0 Å². The van der Waals surface area contributed by atoms with Gasteiger partial charge in [-0.25, -0.2) is 14.4 Å². The summed E-state index contributed by atoms with van der Waals surface area (Å²) in [6.45, 7) is 0. The van der Waals surface area contributed by atoms with Gasteiger partial charge in [-0.05, 0) is 36.1 Å². The van der Waals surface area contributed by atoms with Crippen molar-refractivity contribution in [3.05, 3.63) is 77.8 Å². The molecule has 7 heteroatoms. The first-order chi connectivity index (χ1) is 12.1. The van der Waals surface area contributed by atoms with Crippen molar-refractivity contribution in [2.24, 2.45) is 7.05 Å². The molecule has 5 nitrogen and oxygen atoms in total. The first kappa shape index (κ1) is 17.2. The van der Waals surface area contributed by atoms with Crippen LogP contribution in [0.2, 0.25) is 0 Å². The van der Waals surface area contributed by atoms with Crippen LogP contribution in [0.25, 0.3) is 0 Å². The molecule has 1 unspecified atom stereocenters. The van der Waals surface area contributed by atoms with Crippen LogP contribution in [-0.4, -0.2) is 26.7 Å². The molecule has 0 aliphatic heterocycles. The first-order valence-corrected chi connectivity index (χ1v) is 8.85. The molecular formula is C18H17FN4OS. The van der Waals surface area contributed by atoms with E-state index >= 15 is 0 Å². The zero-order valence-electron chi connectivity index (χ0n) is 13.8. The lowest BCUT2D eigenvalue weighted by Crippen LogP contribution is -2.31. The fourth-order valence-electron chi connectivity index (χ4n) is 2.54. The Bertz CT molecular complexity index is 879. The molecule has 1 atom stereocenters. The number of pyridine rings is 1. The maximum atomic E-state index is 13.3. The summed E-state index contributed by atoms with van der Waals surface area (Å²) in [7, 11) is 1.85.